The van der Waals surface area contributed by atoms with Gasteiger partial charge in [-0.3, -0.25) is 4.79 Å². The largest absolute Gasteiger partial charge is 0.489 e. The van der Waals surface area contributed by atoms with Gasteiger partial charge in [0.25, 0.3) is 0 Å². The summed E-state index contributed by atoms with van der Waals surface area (Å²) in [6.07, 6.45) is 5.34. The Hall–Kier alpha value is -3.41. The average Bonchev–Trinajstić information content (AvgIpc) is 3.37. The molecule has 162 valence electrons. The molecule has 1 aromatic heterocycles. The molecule has 0 radical (unpaired) electrons. The number of furan rings is 1. The van der Waals surface area contributed by atoms with E-state index >= 15 is 0 Å². The van der Waals surface area contributed by atoms with Crippen LogP contribution < -0.4 is 4.74 Å². The van der Waals surface area contributed by atoms with E-state index in [-0.39, 0.29) is 0 Å². The third-order valence-corrected chi connectivity index (χ3v) is 6.11. The molecular weight excluding hydrogens is 404 g/mol. The highest BCUT2D eigenvalue weighted by atomic mass is 16.5. The smallest absolute Gasteiger partial charge is 0.150 e. The van der Waals surface area contributed by atoms with Gasteiger partial charge in [-0.25, -0.2) is 0 Å². The molecule has 5 rings (SSSR count). The third kappa shape index (κ3) is 4.05. The van der Waals surface area contributed by atoms with Gasteiger partial charge in [-0.2, -0.15) is 0 Å². The van der Waals surface area contributed by atoms with E-state index in [4.69, 9.17) is 13.9 Å². The number of aliphatic hydroxyl groups is 1. The Kier molecular flexibility index (Phi) is 5.52. The highest BCUT2D eigenvalue weighted by molar-refractivity contribution is 6.00. The molecule has 5 heteroatoms. The molecule has 0 atom stereocenters. The van der Waals surface area contributed by atoms with E-state index in [1.807, 2.05) is 60.7 Å². The molecule has 2 heterocycles. The van der Waals surface area contributed by atoms with Gasteiger partial charge >= 0.3 is 0 Å². The molecule has 5 nitrogen and oxygen atoms in total. The zero-order valence-electron chi connectivity index (χ0n) is 17.6. The van der Waals surface area contributed by atoms with Gasteiger partial charge in [0.2, 0.25) is 0 Å². The SMILES string of the molecule is O=Cc1cc(-c2ccoc2)c2cc(OCc3cccc(C4(O)CCOCC4)c3)ccc2c1. The zero-order valence-corrected chi connectivity index (χ0v) is 17.6. The van der Waals surface area contributed by atoms with Crippen LogP contribution in [-0.4, -0.2) is 24.6 Å². The summed E-state index contributed by atoms with van der Waals surface area (Å²) in [6.45, 7) is 1.53. The van der Waals surface area contributed by atoms with Crippen molar-refractivity contribution >= 4 is 17.1 Å². The van der Waals surface area contributed by atoms with Crippen LogP contribution in [-0.2, 0) is 16.9 Å². The lowest BCUT2D eigenvalue weighted by atomic mass is 9.86. The van der Waals surface area contributed by atoms with Crippen LogP contribution in [0.3, 0.4) is 0 Å². The third-order valence-electron chi connectivity index (χ3n) is 6.11. The monoisotopic (exact) mass is 428 g/mol. The Balaban J connectivity index is 1.41. The first-order chi connectivity index (χ1) is 15.6. The first kappa shape index (κ1) is 20.5. The first-order valence-corrected chi connectivity index (χ1v) is 10.7. The van der Waals surface area contributed by atoms with Crippen molar-refractivity contribution in [3.63, 3.8) is 0 Å². The minimum Gasteiger partial charge on any atom is -0.489 e. The molecule has 1 saturated heterocycles. The van der Waals surface area contributed by atoms with E-state index in [2.05, 4.69) is 0 Å². The minimum atomic E-state index is -0.840. The van der Waals surface area contributed by atoms with Crippen molar-refractivity contribution in [1.82, 2.24) is 0 Å². The van der Waals surface area contributed by atoms with Crippen molar-refractivity contribution in [3.8, 4) is 16.9 Å². The van der Waals surface area contributed by atoms with Crippen molar-refractivity contribution in [1.29, 1.82) is 0 Å². The number of aldehydes is 1. The molecule has 0 aliphatic carbocycles. The van der Waals surface area contributed by atoms with Crippen LogP contribution in [0, 0.1) is 0 Å². The highest BCUT2D eigenvalue weighted by Gasteiger charge is 2.31. The van der Waals surface area contributed by atoms with Crippen molar-refractivity contribution in [2.24, 2.45) is 0 Å². The van der Waals surface area contributed by atoms with Crippen LogP contribution >= 0.6 is 0 Å². The normalized spacial score (nSPS) is 15.5. The second-order valence-corrected chi connectivity index (χ2v) is 8.21. The van der Waals surface area contributed by atoms with Crippen LogP contribution in [0.15, 0.2) is 77.6 Å². The lowest BCUT2D eigenvalue weighted by molar-refractivity contribution is -0.0679. The van der Waals surface area contributed by atoms with Crippen molar-refractivity contribution in [2.45, 2.75) is 25.0 Å². The Morgan fingerprint density at radius 2 is 1.91 bits per heavy atom. The number of rotatable bonds is 6. The first-order valence-electron chi connectivity index (χ1n) is 10.7. The molecule has 0 saturated carbocycles. The maximum absolute atomic E-state index is 11.4. The number of hydrogen-bond donors (Lipinski definition) is 1. The number of carbonyl (C=O) groups excluding carboxylic acids is 1. The number of hydrogen-bond acceptors (Lipinski definition) is 5. The van der Waals surface area contributed by atoms with E-state index in [1.165, 1.54) is 0 Å². The Bertz CT molecular complexity index is 1240. The lowest BCUT2D eigenvalue weighted by Gasteiger charge is -2.32. The van der Waals surface area contributed by atoms with E-state index in [0.717, 1.165) is 45.1 Å². The van der Waals surface area contributed by atoms with Crippen LogP contribution in [0.25, 0.3) is 21.9 Å². The summed E-state index contributed by atoms with van der Waals surface area (Å²) in [7, 11) is 0. The van der Waals surface area contributed by atoms with Crippen molar-refractivity contribution < 1.29 is 23.8 Å². The molecule has 0 amide bonds. The maximum atomic E-state index is 11.4. The van der Waals surface area contributed by atoms with Gasteiger partial charge in [0, 0.05) is 37.2 Å². The van der Waals surface area contributed by atoms with Gasteiger partial charge in [-0.15, -0.1) is 0 Å². The molecule has 32 heavy (non-hydrogen) atoms. The molecule has 3 aromatic carbocycles. The van der Waals surface area contributed by atoms with Crippen molar-refractivity contribution in [2.75, 3.05) is 13.2 Å². The summed E-state index contributed by atoms with van der Waals surface area (Å²) in [5, 5.41) is 12.9. The molecule has 1 aliphatic rings. The number of ether oxygens (including phenoxy) is 2. The topological polar surface area (TPSA) is 68.9 Å². The molecule has 1 N–H and O–H groups in total. The molecule has 0 bridgehead atoms. The van der Waals surface area contributed by atoms with Gasteiger partial charge in [0.1, 0.15) is 18.6 Å². The minimum absolute atomic E-state index is 0.388. The quantitative estimate of drug-likeness (QED) is 0.411. The van der Waals surface area contributed by atoms with Crippen LogP contribution in [0.1, 0.15) is 34.3 Å². The van der Waals surface area contributed by atoms with Crippen molar-refractivity contribution in [3.05, 3.63) is 89.9 Å². The molecule has 4 aromatic rings. The second-order valence-electron chi connectivity index (χ2n) is 8.21. The average molecular weight is 428 g/mol. The van der Waals surface area contributed by atoms with E-state index in [1.54, 1.807) is 12.5 Å². The number of benzene rings is 3. The Labute approximate surface area is 186 Å². The summed E-state index contributed by atoms with van der Waals surface area (Å²) < 4.78 is 16.8. The zero-order chi connectivity index (χ0) is 22.0. The van der Waals surface area contributed by atoms with Crippen LogP contribution in [0.4, 0.5) is 0 Å². The molecule has 0 unspecified atom stereocenters. The number of fused-ring (bicyclic) bond motifs is 1. The Morgan fingerprint density at radius 3 is 2.69 bits per heavy atom. The fourth-order valence-electron chi connectivity index (χ4n) is 4.29. The molecular formula is C27H24O5. The van der Waals surface area contributed by atoms with E-state index in [0.29, 0.717) is 38.2 Å². The lowest BCUT2D eigenvalue weighted by Crippen LogP contribution is -2.33. The van der Waals surface area contributed by atoms with Crippen LogP contribution in [0.5, 0.6) is 5.75 Å². The maximum Gasteiger partial charge on any atom is 0.150 e. The summed E-state index contributed by atoms with van der Waals surface area (Å²) in [5.74, 6) is 0.733. The summed E-state index contributed by atoms with van der Waals surface area (Å²) in [5.41, 5.74) is 3.51. The fourth-order valence-corrected chi connectivity index (χ4v) is 4.29. The molecule has 1 aliphatic heterocycles. The number of carbonyl (C=O) groups is 1. The molecule has 1 fully saturated rings. The molecule has 0 spiro atoms. The predicted octanol–water partition coefficient (Wildman–Crippen LogP) is 5.49. The second kappa shape index (κ2) is 8.61. The van der Waals surface area contributed by atoms with Gasteiger partial charge in [-0.1, -0.05) is 24.3 Å². The van der Waals surface area contributed by atoms with E-state index < -0.39 is 5.60 Å². The summed E-state index contributed by atoms with van der Waals surface area (Å²) >= 11 is 0. The summed E-state index contributed by atoms with van der Waals surface area (Å²) in [6, 6.07) is 19.4. The van der Waals surface area contributed by atoms with Gasteiger partial charge < -0.3 is 19.0 Å². The van der Waals surface area contributed by atoms with Crippen LogP contribution in [0.2, 0.25) is 0 Å². The predicted molar refractivity (Wildman–Crippen MR) is 122 cm³/mol. The Morgan fingerprint density at radius 1 is 1.03 bits per heavy atom. The van der Waals surface area contributed by atoms with Gasteiger partial charge in [0.15, 0.2) is 0 Å². The van der Waals surface area contributed by atoms with Gasteiger partial charge in [-0.05, 0) is 63.9 Å². The highest BCUT2D eigenvalue weighted by Crippen LogP contribution is 2.34. The van der Waals surface area contributed by atoms with E-state index in [9.17, 15) is 9.90 Å². The standard InChI is InChI=1S/C27H24O5/c28-16-20-12-21-4-5-24(15-26(21)25(14-20)22-6-9-31-18-22)32-17-19-2-1-3-23(13-19)27(29)7-10-30-11-8-27/h1-6,9,12-16,18,29H,7-8,10-11,17H2. The fraction of sp³-hybridized carbons (Fsp3) is 0.222. The summed E-state index contributed by atoms with van der Waals surface area (Å²) in [4.78, 5) is 11.4. The van der Waals surface area contributed by atoms with Gasteiger partial charge in [0.05, 0.1) is 18.1 Å².